The minimum atomic E-state index is -0.425. The highest BCUT2D eigenvalue weighted by Gasteiger charge is 2.30. The number of aromatic nitrogens is 1. The van der Waals surface area contributed by atoms with Crippen molar-refractivity contribution in [3.8, 4) is 5.69 Å². The standard InChI is InChI=1S/C21H21N3O3/c1-27-21(26)18-13-23(12-11-22-18)20-17(14-25)16-9-5-6-10-19(16)24(20)15-7-3-2-4-8-15/h2-10,14,18,22H,11-13H2,1H3. The number of hydrogen-bond donors (Lipinski definition) is 1. The Bertz CT molecular complexity index is 981. The molecule has 1 aliphatic rings. The van der Waals surface area contributed by atoms with Gasteiger partial charge in [0, 0.05) is 30.7 Å². The normalized spacial score (nSPS) is 17.1. The van der Waals surface area contributed by atoms with Crippen LogP contribution in [0.1, 0.15) is 10.4 Å². The molecule has 1 fully saturated rings. The number of anilines is 1. The molecule has 0 bridgehead atoms. The molecular formula is C21H21N3O3. The lowest BCUT2D eigenvalue weighted by Gasteiger charge is -2.34. The van der Waals surface area contributed by atoms with E-state index in [0.29, 0.717) is 25.2 Å². The summed E-state index contributed by atoms with van der Waals surface area (Å²) in [6, 6.07) is 17.4. The van der Waals surface area contributed by atoms with E-state index in [1.807, 2.05) is 54.6 Å². The highest BCUT2D eigenvalue weighted by molar-refractivity contribution is 6.05. The number of nitrogens with one attached hydrogen (secondary N) is 1. The van der Waals surface area contributed by atoms with Crippen LogP contribution in [0.15, 0.2) is 54.6 Å². The van der Waals surface area contributed by atoms with Gasteiger partial charge in [-0.25, -0.2) is 0 Å². The third kappa shape index (κ3) is 2.98. The van der Waals surface area contributed by atoms with Crippen LogP contribution in [0.3, 0.4) is 0 Å². The van der Waals surface area contributed by atoms with Crippen LogP contribution < -0.4 is 10.2 Å². The summed E-state index contributed by atoms with van der Waals surface area (Å²) < 4.78 is 7.00. The SMILES string of the molecule is COC(=O)C1CN(c2c(C=O)c3ccccc3n2-c2ccccc2)CCN1. The fourth-order valence-corrected chi connectivity index (χ4v) is 3.76. The number of esters is 1. The monoisotopic (exact) mass is 363 g/mol. The van der Waals surface area contributed by atoms with Crippen molar-refractivity contribution in [2.45, 2.75) is 6.04 Å². The Kier molecular flexibility index (Phi) is 4.64. The van der Waals surface area contributed by atoms with Crippen LogP contribution in [-0.4, -0.2) is 49.6 Å². The zero-order valence-corrected chi connectivity index (χ0v) is 15.1. The highest BCUT2D eigenvalue weighted by atomic mass is 16.5. The van der Waals surface area contributed by atoms with E-state index >= 15 is 0 Å². The molecule has 6 nitrogen and oxygen atoms in total. The van der Waals surface area contributed by atoms with Crippen LogP contribution in [0.5, 0.6) is 0 Å². The second kappa shape index (κ2) is 7.25. The van der Waals surface area contributed by atoms with Crippen LogP contribution in [0.4, 0.5) is 5.82 Å². The predicted molar refractivity (Wildman–Crippen MR) is 105 cm³/mol. The number of rotatable bonds is 4. The fourth-order valence-electron chi connectivity index (χ4n) is 3.76. The van der Waals surface area contributed by atoms with Gasteiger partial charge < -0.3 is 15.0 Å². The van der Waals surface area contributed by atoms with Crippen LogP contribution >= 0.6 is 0 Å². The second-order valence-corrected chi connectivity index (χ2v) is 6.52. The van der Waals surface area contributed by atoms with E-state index in [2.05, 4.69) is 14.8 Å². The van der Waals surface area contributed by atoms with Crippen molar-refractivity contribution in [2.75, 3.05) is 31.6 Å². The zero-order chi connectivity index (χ0) is 18.8. The van der Waals surface area contributed by atoms with Crippen LogP contribution in [-0.2, 0) is 9.53 Å². The number of piperazine rings is 1. The molecule has 2 aromatic carbocycles. The van der Waals surface area contributed by atoms with E-state index < -0.39 is 6.04 Å². The van der Waals surface area contributed by atoms with E-state index in [-0.39, 0.29) is 5.97 Å². The number of fused-ring (bicyclic) bond motifs is 1. The van der Waals surface area contributed by atoms with E-state index in [4.69, 9.17) is 4.74 Å². The second-order valence-electron chi connectivity index (χ2n) is 6.52. The van der Waals surface area contributed by atoms with E-state index in [0.717, 1.165) is 28.7 Å². The molecule has 1 N–H and O–H groups in total. The maximum atomic E-state index is 12.1. The van der Waals surface area contributed by atoms with Gasteiger partial charge in [-0.2, -0.15) is 0 Å². The van der Waals surface area contributed by atoms with Gasteiger partial charge in [-0.3, -0.25) is 14.2 Å². The largest absolute Gasteiger partial charge is 0.468 e. The van der Waals surface area contributed by atoms with Crippen LogP contribution in [0.25, 0.3) is 16.6 Å². The number of ether oxygens (including phenoxy) is 1. The molecular weight excluding hydrogens is 342 g/mol. The molecule has 1 aromatic heterocycles. The molecule has 1 saturated heterocycles. The van der Waals surface area contributed by atoms with Crippen LogP contribution in [0, 0.1) is 0 Å². The van der Waals surface area contributed by atoms with Gasteiger partial charge in [0.25, 0.3) is 0 Å². The van der Waals surface area contributed by atoms with Crippen molar-refractivity contribution >= 4 is 29.0 Å². The van der Waals surface area contributed by atoms with Gasteiger partial charge in [-0.15, -0.1) is 0 Å². The molecule has 27 heavy (non-hydrogen) atoms. The average molecular weight is 363 g/mol. The van der Waals surface area contributed by atoms with Crippen molar-refractivity contribution in [3.05, 3.63) is 60.2 Å². The Hall–Kier alpha value is -3.12. The van der Waals surface area contributed by atoms with E-state index in [9.17, 15) is 9.59 Å². The molecule has 1 unspecified atom stereocenters. The van der Waals surface area contributed by atoms with E-state index in [1.165, 1.54) is 7.11 Å². The number of para-hydroxylation sites is 2. The highest BCUT2D eigenvalue weighted by Crippen LogP contribution is 2.35. The Morgan fingerprint density at radius 3 is 2.63 bits per heavy atom. The first-order chi connectivity index (χ1) is 13.2. The Labute approximate surface area is 157 Å². The Balaban J connectivity index is 1.91. The van der Waals surface area contributed by atoms with Crippen molar-refractivity contribution in [2.24, 2.45) is 0 Å². The molecule has 3 aromatic rings. The summed E-state index contributed by atoms with van der Waals surface area (Å²) in [6.07, 6.45) is 0.909. The number of carbonyl (C=O) groups excluding carboxylic acids is 2. The smallest absolute Gasteiger partial charge is 0.324 e. The van der Waals surface area contributed by atoms with Gasteiger partial charge in [0.1, 0.15) is 11.9 Å². The Morgan fingerprint density at radius 2 is 1.89 bits per heavy atom. The lowest BCUT2D eigenvalue weighted by molar-refractivity contribution is -0.143. The molecule has 4 rings (SSSR count). The topological polar surface area (TPSA) is 63.6 Å². The summed E-state index contributed by atoms with van der Waals surface area (Å²) in [5.74, 6) is 0.516. The van der Waals surface area contributed by atoms with Gasteiger partial charge in [0.05, 0.1) is 18.2 Å². The quantitative estimate of drug-likeness (QED) is 0.570. The summed E-state index contributed by atoms with van der Waals surface area (Å²) in [4.78, 5) is 26.2. The lowest BCUT2D eigenvalue weighted by Crippen LogP contribution is -2.55. The van der Waals surface area contributed by atoms with Gasteiger partial charge in [0.2, 0.25) is 0 Å². The van der Waals surface area contributed by atoms with Crippen molar-refractivity contribution in [1.82, 2.24) is 9.88 Å². The molecule has 1 atom stereocenters. The molecule has 0 amide bonds. The van der Waals surface area contributed by atoms with Gasteiger partial charge in [-0.1, -0.05) is 36.4 Å². The first-order valence-electron chi connectivity index (χ1n) is 8.94. The van der Waals surface area contributed by atoms with Gasteiger partial charge >= 0.3 is 5.97 Å². The molecule has 6 heteroatoms. The number of benzene rings is 2. The third-order valence-electron chi connectivity index (χ3n) is 4.98. The molecule has 0 saturated carbocycles. The molecule has 2 heterocycles. The summed E-state index contributed by atoms with van der Waals surface area (Å²) in [6.45, 7) is 1.77. The summed E-state index contributed by atoms with van der Waals surface area (Å²) >= 11 is 0. The maximum Gasteiger partial charge on any atom is 0.324 e. The Morgan fingerprint density at radius 1 is 1.15 bits per heavy atom. The average Bonchev–Trinajstić information content (AvgIpc) is 3.08. The first-order valence-corrected chi connectivity index (χ1v) is 8.94. The van der Waals surface area contributed by atoms with Gasteiger partial charge in [-0.05, 0) is 18.2 Å². The third-order valence-corrected chi connectivity index (χ3v) is 4.98. The number of hydrogen-bond acceptors (Lipinski definition) is 5. The minimum absolute atomic E-state index is 0.297. The van der Waals surface area contributed by atoms with Crippen molar-refractivity contribution < 1.29 is 14.3 Å². The number of nitrogens with zero attached hydrogens (tertiary/aromatic N) is 2. The first kappa shape index (κ1) is 17.3. The van der Waals surface area contributed by atoms with Crippen molar-refractivity contribution in [1.29, 1.82) is 0 Å². The molecule has 1 aliphatic heterocycles. The van der Waals surface area contributed by atoms with E-state index in [1.54, 1.807) is 0 Å². The maximum absolute atomic E-state index is 12.1. The number of aldehydes is 1. The molecule has 138 valence electrons. The van der Waals surface area contributed by atoms with Crippen LogP contribution in [0.2, 0.25) is 0 Å². The minimum Gasteiger partial charge on any atom is -0.468 e. The number of methoxy groups -OCH3 is 1. The van der Waals surface area contributed by atoms with Gasteiger partial charge in [0.15, 0.2) is 6.29 Å². The number of carbonyl (C=O) groups is 2. The zero-order valence-electron chi connectivity index (χ0n) is 15.1. The molecule has 0 radical (unpaired) electrons. The fraction of sp³-hybridized carbons (Fsp3) is 0.238. The lowest BCUT2D eigenvalue weighted by atomic mass is 10.1. The molecule has 0 aliphatic carbocycles. The van der Waals surface area contributed by atoms with Crippen molar-refractivity contribution in [3.63, 3.8) is 0 Å². The summed E-state index contributed by atoms with van der Waals surface area (Å²) in [5.41, 5.74) is 2.58. The predicted octanol–water partition coefficient (Wildman–Crippen LogP) is 2.39. The summed E-state index contributed by atoms with van der Waals surface area (Å²) in [5, 5.41) is 4.09. The summed E-state index contributed by atoms with van der Waals surface area (Å²) in [7, 11) is 1.39. The molecule has 0 spiro atoms.